The Morgan fingerprint density at radius 2 is 0.711 bits per heavy atom. The van der Waals surface area contributed by atoms with Crippen LogP contribution in [0.25, 0.3) is 0 Å². The summed E-state index contributed by atoms with van der Waals surface area (Å²) < 4.78 is 0. The molecule has 0 unspecified atom stereocenters. The van der Waals surface area contributed by atoms with Gasteiger partial charge in [-0.2, -0.15) is 0 Å². The molecule has 0 heteroatoms. The SMILES string of the molecule is CCCCCCCCCCCCCCCCc1[c]cccc1CCCCCCCCCCCCCCCC. The third kappa shape index (κ3) is 23.1. The second-order valence-electron chi connectivity index (χ2n) is 12.4. The third-order valence-electron chi connectivity index (χ3n) is 8.62. The molecule has 0 atom stereocenters. The molecule has 0 aliphatic rings. The summed E-state index contributed by atoms with van der Waals surface area (Å²) >= 11 is 0. The van der Waals surface area contributed by atoms with Gasteiger partial charge in [0.05, 0.1) is 0 Å². The number of hydrogen-bond donors (Lipinski definition) is 0. The summed E-state index contributed by atoms with van der Waals surface area (Å²) in [5.41, 5.74) is 3.10. The van der Waals surface area contributed by atoms with E-state index in [0.717, 1.165) is 0 Å². The Morgan fingerprint density at radius 3 is 1.08 bits per heavy atom. The molecular weight excluding hydrogens is 456 g/mol. The van der Waals surface area contributed by atoms with E-state index in [4.69, 9.17) is 0 Å². The van der Waals surface area contributed by atoms with Crippen LogP contribution in [0.3, 0.4) is 0 Å². The Hall–Kier alpha value is -0.780. The van der Waals surface area contributed by atoms with Crippen LogP contribution in [-0.4, -0.2) is 0 Å². The van der Waals surface area contributed by atoms with E-state index in [1.807, 2.05) is 0 Å². The molecule has 0 aliphatic carbocycles. The lowest BCUT2D eigenvalue weighted by molar-refractivity contribution is 0.534. The van der Waals surface area contributed by atoms with Crippen LogP contribution >= 0.6 is 0 Å². The first-order valence-electron chi connectivity index (χ1n) is 17.9. The van der Waals surface area contributed by atoms with Crippen LogP contribution in [0.2, 0.25) is 0 Å². The van der Waals surface area contributed by atoms with Crippen molar-refractivity contribution in [3.63, 3.8) is 0 Å². The number of benzene rings is 1. The van der Waals surface area contributed by atoms with E-state index < -0.39 is 0 Å². The lowest BCUT2D eigenvalue weighted by Gasteiger charge is -2.09. The fourth-order valence-electron chi connectivity index (χ4n) is 5.98. The molecule has 0 saturated carbocycles. The zero-order chi connectivity index (χ0) is 27.2. The molecule has 0 spiro atoms. The molecule has 221 valence electrons. The van der Waals surface area contributed by atoms with Crippen molar-refractivity contribution in [3.05, 3.63) is 35.4 Å². The fraction of sp³-hybridized carbons (Fsp3) is 0.842. The van der Waals surface area contributed by atoms with Gasteiger partial charge in [-0.05, 0) is 42.9 Å². The van der Waals surface area contributed by atoms with Crippen molar-refractivity contribution in [2.45, 2.75) is 206 Å². The Morgan fingerprint density at radius 1 is 0.395 bits per heavy atom. The average molecular weight is 526 g/mol. The first-order valence-corrected chi connectivity index (χ1v) is 17.9. The van der Waals surface area contributed by atoms with Crippen LogP contribution in [0.4, 0.5) is 0 Å². The number of rotatable bonds is 30. The molecule has 1 aromatic carbocycles. The standard InChI is InChI=1S/C38H69/c1-3-5-7-9-11-13-15-17-19-21-23-25-27-29-33-37-35-31-32-36-38(37)34-30-28-26-24-22-20-18-16-14-12-10-8-6-4-2/h31-32,35H,3-30,33-34H2,1-2H3. The van der Waals surface area contributed by atoms with Crippen LogP contribution < -0.4 is 0 Å². The second-order valence-corrected chi connectivity index (χ2v) is 12.4. The third-order valence-corrected chi connectivity index (χ3v) is 8.62. The summed E-state index contributed by atoms with van der Waals surface area (Å²) in [6.45, 7) is 4.61. The Kier molecular flexibility index (Phi) is 27.1. The smallest absolute Gasteiger partial charge is 0.0146 e. The molecule has 0 nitrogen and oxygen atoms in total. The van der Waals surface area contributed by atoms with Crippen LogP contribution in [0.1, 0.15) is 205 Å². The van der Waals surface area contributed by atoms with Crippen molar-refractivity contribution in [3.8, 4) is 0 Å². The summed E-state index contributed by atoms with van der Waals surface area (Å²) in [7, 11) is 0. The molecule has 0 amide bonds. The maximum atomic E-state index is 3.58. The molecule has 0 aliphatic heterocycles. The Labute approximate surface area is 241 Å². The highest BCUT2D eigenvalue weighted by Gasteiger charge is 2.03. The summed E-state index contributed by atoms with van der Waals surface area (Å²) in [5, 5.41) is 0. The van der Waals surface area contributed by atoms with E-state index in [2.05, 4.69) is 38.1 Å². The zero-order valence-corrected chi connectivity index (χ0v) is 26.4. The highest BCUT2D eigenvalue weighted by atomic mass is 14.1. The lowest BCUT2D eigenvalue weighted by Crippen LogP contribution is -1.96. The van der Waals surface area contributed by atoms with Gasteiger partial charge in [-0.15, -0.1) is 0 Å². The van der Waals surface area contributed by atoms with Crippen LogP contribution in [0.5, 0.6) is 0 Å². The first kappa shape index (κ1) is 35.2. The highest BCUT2D eigenvalue weighted by Crippen LogP contribution is 2.18. The van der Waals surface area contributed by atoms with Gasteiger partial charge in [-0.25, -0.2) is 0 Å². The van der Waals surface area contributed by atoms with Crippen LogP contribution in [0.15, 0.2) is 18.2 Å². The molecule has 1 rings (SSSR count). The molecule has 0 fully saturated rings. The monoisotopic (exact) mass is 526 g/mol. The molecule has 38 heavy (non-hydrogen) atoms. The summed E-state index contributed by atoms with van der Waals surface area (Å²) in [4.78, 5) is 0. The van der Waals surface area contributed by atoms with Gasteiger partial charge in [0.1, 0.15) is 0 Å². The zero-order valence-electron chi connectivity index (χ0n) is 26.4. The predicted molar refractivity (Wildman–Crippen MR) is 173 cm³/mol. The fourth-order valence-corrected chi connectivity index (χ4v) is 5.98. The van der Waals surface area contributed by atoms with Gasteiger partial charge >= 0.3 is 0 Å². The normalized spacial score (nSPS) is 11.4. The second kappa shape index (κ2) is 29.2. The number of hydrogen-bond acceptors (Lipinski definition) is 0. The molecule has 0 bridgehead atoms. The van der Waals surface area contributed by atoms with Crippen molar-refractivity contribution in [2.24, 2.45) is 0 Å². The van der Waals surface area contributed by atoms with E-state index in [1.165, 1.54) is 198 Å². The quantitative estimate of drug-likeness (QED) is 0.0876. The minimum absolute atomic E-state index is 1.24. The molecule has 1 radical (unpaired) electrons. The lowest BCUT2D eigenvalue weighted by atomic mass is 9.96. The van der Waals surface area contributed by atoms with Crippen molar-refractivity contribution >= 4 is 0 Å². The molecule has 1 aromatic rings. The number of unbranched alkanes of at least 4 members (excludes halogenated alkanes) is 26. The maximum absolute atomic E-state index is 3.58. The van der Waals surface area contributed by atoms with Crippen LogP contribution in [0, 0.1) is 6.07 Å². The average Bonchev–Trinajstić information content (AvgIpc) is 2.94. The van der Waals surface area contributed by atoms with Gasteiger partial charge < -0.3 is 0 Å². The largest absolute Gasteiger partial charge is 0.0654 e. The van der Waals surface area contributed by atoms with Gasteiger partial charge in [0.25, 0.3) is 0 Å². The summed E-state index contributed by atoms with van der Waals surface area (Å²) in [6, 6.07) is 10.3. The minimum atomic E-state index is 1.24. The van der Waals surface area contributed by atoms with Gasteiger partial charge in [0.15, 0.2) is 0 Å². The van der Waals surface area contributed by atoms with Crippen LogP contribution in [-0.2, 0) is 12.8 Å². The molecule has 0 heterocycles. The molecular formula is C38H69. The van der Waals surface area contributed by atoms with Gasteiger partial charge in [-0.3, -0.25) is 0 Å². The molecule has 0 N–H and O–H groups in total. The maximum Gasteiger partial charge on any atom is -0.0146 e. The summed E-state index contributed by atoms with van der Waals surface area (Å²) in [6.07, 6.45) is 42.8. The van der Waals surface area contributed by atoms with Crippen molar-refractivity contribution in [2.75, 3.05) is 0 Å². The predicted octanol–water partition coefficient (Wildman–Crippen LogP) is 13.5. The molecule has 0 aromatic heterocycles. The van der Waals surface area contributed by atoms with Gasteiger partial charge in [-0.1, -0.05) is 199 Å². The van der Waals surface area contributed by atoms with E-state index in [0.29, 0.717) is 0 Å². The molecule has 0 saturated heterocycles. The van der Waals surface area contributed by atoms with Gasteiger partial charge in [0.2, 0.25) is 0 Å². The topological polar surface area (TPSA) is 0 Å². The number of aryl methyl sites for hydroxylation is 2. The van der Waals surface area contributed by atoms with E-state index in [1.54, 1.807) is 5.56 Å². The Bertz CT molecular complexity index is 522. The first-order chi connectivity index (χ1) is 18.9. The van der Waals surface area contributed by atoms with Gasteiger partial charge in [0, 0.05) is 0 Å². The minimum Gasteiger partial charge on any atom is -0.0654 e. The highest BCUT2D eigenvalue weighted by molar-refractivity contribution is 5.26. The summed E-state index contributed by atoms with van der Waals surface area (Å²) in [5.74, 6) is 0. The Balaban J connectivity index is 1.92. The van der Waals surface area contributed by atoms with Crippen molar-refractivity contribution in [1.82, 2.24) is 0 Å². The van der Waals surface area contributed by atoms with Crippen molar-refractivity contribution < 1.29 is 0 Å². The van der Waals surface area contributed by atoms with Crippen molar-refractivity contribution in [1.29, 1.82) is 0 Å². The van der Waals surface area contributed by atoms with E-state index in [9.17, 15) is 0 Å². The van der Waals surface area contributed by atoms with E-state index in [-0.39, 0.29) is 0 Å². The van der Waals surface area contributed by atoms with E-state index >= 15 is 0 Å².